The van der Waals surface area contributed by atoms with E-state index in [1.807, 2.05) is 0 Å². The van der Waals surface area contributed by atoms with Gasteiger partial charge in [-0.15, -0.1) is 0 Å². The molecule has 1 aromatic carbocycles. The van der Waals surface area contributed by atoms with E-state index in [1.54, 1.807) is 18.2 Å². The number of rotatable bonds is 2. The lowest BCUT2D eigenvalue weighted by molar-refractivity contribution is 0.311. The maximum Gasteiger partial charge on any atom is 0.227 e. The maximum absolute atomic E-state index is 6.30. The zero-order chi connectivity index (χ0) is 16.6. The standard InChI is InChI=1S/C15H16Cl3N5/c1-22-2-4-23(5-3-22)15-20-12(8-13(19)21-15)10-6-9(16)7-11(17)14(10)18/h6-8H,2-5H2,1H3,(H2,19,20,21). The van der Waals surface area contributed by atoms with Crippen molar-refractivity contribution in [1.82, 2.24) is 14.9 Å². The van der Waals surface area contributed by atoms with E-state index in [-0.39, 0.29) is 0 Å². The minimum absolute atomic E-state index is 0.382. The van der Waals surface area contributed by atoms with Crippen molar-refractivity contribution in [3.8, 4) is 11.3 Å². The molecule has 1 saturated heterocycles. The van der Waals surface area contributed by atoms with Crippen LogP contribution in [0.3, 0.4) is 0 Å². The van der Waals surface area contributed by atoms with Gasteiger partial charge < -0.3 is 15.5 Å². The van der Waals surface area contributed by atoms with E-state index >= 15 is 0 Å². The number of hydrogen-bond donors (Lipinski definition) is 1. The molecule has 8 heteroatoms. The van der Waals surface area contributed by atoms with Crippen LogP contribution >= 0.6 is 34.8 Å². The molecule has 23 heavy (non-hydrogen) atoms. The molecule has 122 valence electrons. The first-order valence-electron chi connectivity index (χ1n) is 7.17. The van der Waals surface area contributed by atoms with Crippen LogP contribution in [0.5, 0.6) is 0 Å². The first-order valence-corrected chi connectivity index (χ1v) is 8.30. The average molecular weight is 373 g/mol. The first kappa shape index (κ1) is 16.6. The highest BCUT2D eigenvalue weighted by Gasteiger charge is 2.19. The monoisotopic (exact) mass is 371 g/mol. The van der Waals surface area contributed by atoms with Crippen LogP contribution in [0.25, 0.3) is 11.3 Å². The summed E-state index contributed by atoms with van der Waals surface area (Å²) in [5, 5.41) is 1.28. The molecule has 2 aromatic rings. The van der Waals surface area contributed by atoms with Gasteiger partial charge in [0.05, 0.1) is 15.7 Å². The Morgan fingerprint density at radius 1 is 1.00 bits per heavy atom. The fourth-order valence-corrected chi connectivity index (χ4v) is 3.18. The molecular weight excluding hydrogens is 357 g/mol. The Labute approximate surface area is 150 Å². The van der Waals surface area contributed by atoms with E-state index in [1.165, 1.54) is 0 Å². The topological polar surface area (TPSA) is 58.3 Å². The number of piperazine rings is 1. The second-order valence-electron chi connectivity index (χ2n) is 5.52. The molecule has 0 atom stereocenters. The molecule has 2 heterocycles. The predicted octanol–water partition coefficient (Wildman–Crippen LogP) is 3.44. The lowest BCUT2D eigenvalue weighted by atomic mass is 10.1. The largest absolute Gasteiger partial charge is 0.384 e. The van der Waals surface area contributed by atoms with E-state index in [0.717, 1.165) is 26.2 Å². The Kier molecular flexibility index (Phi) is 4.82. The molecule has 1 fully saturated rings. The molecule has 0 bridgehead atoms. The smallest absolute Gasteiger partial charge is 0.227 e. The third-order valence-electron chi connectivity index (χ3n) is 3.79. The van der Waals surface area contributed by atoms with Gasteiger partial charge in [0.2, 0.25) is 5.95 Å². The Hall–Kier alpha value is -1.27. The first-order chi connectivity index (χ1) is 10.9. The Balaban J connectivity index is 2.01. The highest BCUT2D eigenvalue weighted by molar-refractivity contribution is 6.45. The zero-order valence-electron chi connectivity index (χ0n) is 12.6. The van der Waals surface area contributed by atoms with Gasteiger partial charge >= 0.3 is 0 Å². The third-order valence-corrected chi connectivity index (χ3v) is 4.81. The fraction of sp³-hybridized carbons (Fsp3) is 0.333. The molecular formula is C15H16Cl3N5. The van der Waals surface area contributed by atoms with Crippen molar-refractivity contribution in [2.24, 2.45) is 0 Å². The van der Waals surface area contributed by atoms with Crippen molar-refractivity contribution in [3.05, 3.63) is 33.3 Å². The van der Waals surface area contributed by atoms with Gasteiger partial charge in [0.1, 0.15) is 5.82 Å². The van der Waals surface area contributed by atoms with E-state index in [9.17, 15) is 0 Å². The number of aromatic nitrogens is 2. The Morgan fingerprint density at radius 3 is 2.39 bits per heavy atom. The SMILES string of the molecule is CN1CCN(c2nc(N)cc(-c3cc(Cl)cc(Cl)c3Cl)n2)CC1. The second kappa shape index (κ2) is 6.69. The number of benzene rings is 1. The van der Waals surface area contributed by atoms with Gasteiger partial charge in [-0.25, -0.2) is 4.98 Å². The van der Waals surface area contributed by atoms with E-state index < -0.39 is 0 Å². The highest BCUT2D eigenvalue weighted by atomic mass is 35.5. The normalized spacial score (nSPS) is 15.9. The van der Waals surface area contributed by atoms with Crippen LogP contribution in [0.15, 0.2) is 18.2 Å². The summed E-state index contributed by atoms with van der Waals surface area (Å²) < 4.78 is 0. The van der Waals surface area contributed by atoms with Crippen molar-refractivity contribution in [1.29, 1.82) is 0 Å². The number of hydrogen-bond acceptors (Lipinski definition) is 5. The summed E-state index contributed by atoms with van der Waals surface area (Å²) in [6, 6.07) is 5.00. The van der Waals surface area contributed by atoms with Crippen LogP contribution in [0.1, 0.15) is 0 Å². The van der Waals surface area contributed by atoms with E-state index in [2.05, 4.69) is 26.8 Å². The van der Waals surface area contributed by atoms with Gasteiger partial charge in [-0.2, -0.15) is 4.98 Å². The number of nitrogen functional groups attached to an aromatic ring is 1. The molecule has 3 rings (SSSR count). The molecule has 0 spiro atoms. The second-order valence-corrected chi connectivity index (χ2v) is 6.74. The molecule has 1 aromatic heterocycles. The summed E-state index contributed by atoms with van der Waals surface area (Å²) in [6.07, 6.45) is 0. The molecule has 0 saturated carbocycles. The molecule has 2 N–H and O–H groups in total. The van der Waals surface area contributed by atoms with Crippen molar-refractivity contribution < 1.29 is 0 Å². The summed E-state index contributed by atoms with van der Waals surface area (Å²) >= 11 is 18.5. The summed E-state index contributed by atoms with van der Waals surface area (Å²) in [5.41, 5.74) is 7.22. The summed E-state index contributed by atoms with van der Waals surface area (Å²) in [4.78, 5) is 13.3. The van der Waals surface area contributed by atoms with Crippen LogP contribution in [-0.2, 0) is 0 Å². The molecule has 5 nitrogen and oxygen atoms in total. The van der Waals surface area contributed by atoms with Crippen LogP contribution in [0.2, 0.25) is 15.1 Å². The lowest BCUT2D eigenvalue weighted by Crippen LogP contribution is -2.45. The lowest BCUT2D eigenvalue weighted by Gasteiger charge is -2.32. The molecule has 0 aliphatic carbocycles. The van der Waals surface area contributed by atoms with Crippen molar-refractivity contribution in [3.63, 3.8) is 0 Å². The number of halogens is 3. The Morgan fingerprint density at radius 2 is 1.70 bits per heavy atom. The Bertz CT molecular complexity index is 729. The number of nitrogens with zero attached hydrogens (tertiary/aromatic N) is 4. The van der Waals surface area contributed by atoms with E-state index in [0.29, 0.717) is 38.1 Å². The van der Waals surface area contributed by atoms with Gasteiger partial charge in [-0.3, -0.25) is 0 Å². The van der Waals surface area contributed by atoms with Crippen LogP contribution < -0.4 is 10.6 Å². The number of likely N-dealkylation sites (N-methyl/N-ethyl adjacent to an activating group) is 1. The molecule has 0 unspecified atom stereocenters. The summed E-state index contributed by atoms with van der Waals surface area (Å²) in [5.74, 6) is 0.983. The van der Waals surface area contributed by atoms with Crippen LogP contribution in [0.4, 0.5) is 11.8 Å². The molecule has 0 radical (unpaired) electrons. The van der Waals surface area contributed by atoms with Gasteiger partial charge in [0, 0.05) is 42.8 Å². The average Bonchev–Trinajstić information content (AvgIpc) is 2.51. The minimum Gasteiger partial charge on any atom is -0.384 e. The van der Waals surface area contributed by atoms with Gasteiger partial charge in [0.15, 0.2) is 0 Å². The van der Waals surface area contributed by atoms with Gasteiger partial charge in [0.25, 0.3) is 0 Å². The molecule has 1 aliphatic rings. The summed E-state index contributed by atoms with van der Waals surface area (Å²) in [7, 11) is 2.09. The highest BCUT2D eigenvalue weighted by Crippen LogP contribution is 2.36. The van der Waals surface area contributed by atoms with Crippen LogP contribution in [0, 0.1) is 0 Å². The number of nitrogens with two attached hydrogens (primary N) is 1. The third kappa shape index (κ3) is 3.63. The van der Waals surface area contributed by atoms with Crippen molar-refractivity contribution >= 4 is 46.6 Å². The molecule has 1 aliphatic heterocycles. The summed E-state index contributed by atoms with van der Waals surface area (Å²) in [6.45, 7) is 3.61. The van der Waals surface area contributed by atoms with Gasteiger partial charge in [-0.1, -0.05) is 34.8 Å². The number of anilines is 2. The quantitative estimate of drug-likeness (QED) is 0.818. The van der Waals surface area contributed by atoms with Crippen molar-refractivity contribution in [2.45, 2.75) is 0 Å². The maximum atomic E-state index is 6.30. The van der Waals surface area contributed by atoms with Crippen molar-refractivity contribution in [2.75, 3.05) is 43.9 Å². The van der Waals surface area contributed by atoms with Crippen LogP contribution in [-0.4, -0.2) is 48.1 Å². The van der Waals surface area contributed by atoms with E-state index in [4.69, 9.17) is 40.5 Å². The minimum atomic E-state index is 0.382. The fourth-order valence-electron chi connectivity index (χ4n) is 2.48. The zero-order valence-corrected chi connectivity index (χ0v) is 14.8. The molecule has 0 amide bonds. The van der Waals surface area contributed by atoms with Gasteiger partial charge in [-0.05, 0) is 19.2 Å². The predicted molar refractivity (Wildman–Crippen MR) is 96.6 cm³/mol.